The number of nitrogens with one attached hydrogen (secondary N) is 2. The van der Waals surface area contributed by atoms with E-state index in [0.29, 0.717) is 39.6 Å². The molecule has 0 aromatic heterocycles. The quantitative estimate of drug-likeness (QED) is 0.0642. The molecule has 2 amide bonds. The van der Waals surface area contributed by atoms with Gasteiger partial charge in [0.25, 0.3) is 0 Å². The van der Waals surface area contributed by atoms with Gasteiger partial charge in [0.2, 0.25) is 0 Å². The molecule has 0 bridgehead atoms. The fourth-order valence-corrected chi connectivity index (χ4v) is 7.43. The second kappa shape index (κ2) is 24.2. The molecule has 2 N–H and O–H groups in total. The van der Waals surface area contributed by atoms with Crippen molar-refractivity contribution in [2.45, 2.75) is 115 Å². The van der Waals surface area contributed by atoms with Gasteiger partial charge in [-0.3, -0.25) is 0 Å². The maximum atomic E-state index is 14.0. The van der Waals surface area contributed by atoms with Crippen molar-refractivity contribution in [1.29, 1.82) is 0 Å². The highest BCUT2D eigenvalue weighted by atomic mass is 16.6. The standard InChI is InChI=1S/C50H60N2O6/c1-2-3-4-5-6-22-33-51-50(53)52-44-45(54-34-39-23-12-7-13-24-39)47(56-36-41-27-16-9-17-28-41)49(58-38-43-31-20-11-21-32-43)48(57-37-42-29-18-10-19-30-42)46(44)55-35-40-25-14-8-15-26-40/h7-21,23-32,44-49H,2-6,22,33-38H2,1H3,(H2,51,52,53)/t44?,45-,46+,47+,48-,49?. The Morgan fingerprint density at radius 3 is 1.05 bits per heavy atom. The van der Waals surface area contributed by atoms with Crippen molar-refractivity contribution >= 4 is 6.03 Å². The number of rotatable bonds is 23. The molecule has 6 rings (SSSR count). The van der Waals surface area contributed by atoms with Crippen LogP contribution in [0.15, 0.2) is 152 Å². The minimum absolute atomic E-state index is 0.285. The summed E-state index contributed by atoms with van der Waals surface area (Å²) in [6, 6.07) is 49.5. The molecule has 1 aliphatic rings. The minimum Gasteiger partial charge on any atom is -0.368 e. The Morgan fingerprint density at radius 2 is 0.707 bits per heavy atom. The van der Waals surface area contributed by atoms with Crippen LogP contribution in [0.5, 0.6) is 0 Å². The van der Waals surface area contributed by atoms with Crippen LogP contribution in [0.1, 0.15) is 73.3 Å². The molecule has 0 radical (unpaired) electrons. The van der Waals surface area contributed by atoms with Gasteiger partial charge in [0, 0.05) is 6.54 Å². The Bertz CT molecular complexity index is 1730. The number of hydrogen-bond acceptors (Lipinski definition) is 6. The molecule has 6 atom stereocenters. The lowest BCUT2D eigenvalue weighted by Gasteiger charge is -2.50. The first kappa shape index (κ1) is 42.8. The Hall–Kier alpha value is -4.83. The van der Waals surface area contributed by atoms with Crippen LogP contribution in [0.3, 0.4) is 0 Å². The highest BCUT2D eigenvalue weighted by Gasteiger charge is 2.55. The van der Waals surface area contributed by atoms with Crippen LogP contribution in [-0.4, -0.2) is 49.1 Å². The van der Waals surface area contributed by atoms with Gasteiger partial charge in [-0.1, -0.05) is 191 Å². The van der Waals surface area contributed by atoms with Gasteiger partial charge in [0.1, 0.15) is 30.5 Å². The van der Waals surface area contributed by atoms with Crippen molar-refractivity contribution in [2.24, 2.45) is 0 Å². The van der Waals surface area contributed by atoms with Crippen molar-refractivity contribution < 1.29 is 28.5 Å². The van der Waals surface area contributed by atoms with Crippen molar-refractivity contribution in [3.05, 3.63) is 179 Å². The van der Waals surface area contributed by atoms with E-state index in [2.05, 4.69) is 17.6 Å². The first-order valence-electron chi connectivity index (χ1n) is 21.0. The molecule has 1 saturated carbocycles. The topological polar surface area (TPSA) is 87.3 Å². The summed E-state index contributed by atoms with van der Waals surface area (Å²) in [5.74, 6) is 0. The third-order valence-corrected chi connectivity index (χ3v) is 10.5. The molecule has 0 spiro atoms. The fraction of sp³-hybridized carbons (Fsp3) is 0.380. The molecule has 0 saturated heterocycles. The van der Waals surface area contributed by atoms with E-state index in [0.717, 1.165) is 47.1 Å². The monoisotopic (exact) mass is 784 g/mol. The Kier molecular flexibility index (Phi) is 17.8. The van der Waals surface area contributed by atoms with Crippen LogP contribution in [-0.2, 0) is 56.7 Å². The maximum Gasteiger partial charge on any atom is 0.315 e. The van der Waals surface area contributed by atoms with Crippen LogP contribution < -0.4 is 10.6 Å². The Labute approximate surface area is 345 Å². The summed E-state index contributed by atoms with van der Waals surface area (Å²) in [6.07, 6.45) is 3.41. The van der Waals surface area contributed by atoms with Crippen molar-refractivity contribution in [1.82, 2.24) is 10.6 Å². The van der Waals surface area contributed by atoms with Crippen molar-refractivity contribution in [3.63, 3.8) is 0 Å². The predicted octanol–water partition coefficient (Wildman–Crippen LogP) is 9.96. The predicted molar refractivity (Wildman–Crippen MR) is 229 cm³/mol. The van der Waals surface area contributed by atoms with Gasteiger partial charge in [-0.05, 0) is 34.2 Å². The van der Waals surface area contributed by atoms with Gasteiger partial charge in [-0.25, -0.2) is 4.79 Å². The zero-order valence-corrected chi connectivity index (χ0v) is 33.8. The SMILES string of the molecule is CCCCCCCCNC(=O)NC1[C@@H](OCc2ccccc2)[C@H](OCc2ccccc2)C(OCc2ccccc2)[C@H](OCc2ccccc2)[C@H]1OCc1ccccc1. The van der Waals surface area contributed by atoms with E-state index < -0.39 is 36.6 Å². The molecule has 8 heteroatoms. The molecule has 306 valence electrons. The number of hydrogen-bond donors (Lipinski definition) is 2. The highest BCUT2D eigenvalue weighted by Crippen LogP contribution is 2.35. The number of unbranched alkanes of at least 4 members (excludes halogenated alkanes) is 5. The van der Waals surface area contributed by atoms with Gasteiger partial charge in [0.15, 0.2) is 0 Å². The summed E-state index contributed by atoms with van der Waals surface area (Å²) < 4.78 is 34.8. The van der Waals surface area contributed by atoms with E-state index in [4.69, 9.17) is 23.7 Å². The number of amides is 2. The number of carbonyl (C=O) groups excluding carboxylic acids is 1. The summed E-state index contributed by atoms with van der Waals surface area (Å²) in [4.78, 5) is 14.0. The molecular weight excluding hydrogens is 725 g/mol. The molecule has 8 nitrogen and oxygen atoms in total. The highest BCUT2D eigenvalue weighted by molar-refractivity contribution is 5.74. The molecule has 5 aromatic rings. The van der Waals surface area contributed by atoms with Crippen LogP contribution >= 0.6 is 0 Å². The lowest BCUT2D eigenvalue weighted by atomic mass is 9.81. The summed E-state index contributed by atoms with van der Waals surface area (Å²) in [5.41, 5.74) is 5.04. The lowest BCUT2D eigenvalue weighted by Crippen LogP contribution is -2.71. The van der Waals surface area contributed by atoms with E-state index in [1.807, 2.05) is 152 Å². The first-order valence-corrected chi connectivity index (χ1v) is 21.0. The molecule has 0 heterocycles. The first-order chi connectivity index (χ1) is 28.7. The number of urea groups is 1. The van der Waals surface area contributed by atoms with Crippen LogP contribution in [0, 0.1) is 0 Å². The number of benzene rings is 5. The van der Waals surface area contributed by atoms with Gasteiger partial charge >= 0.3 is 6.03 Å². The van der Waals surface area contributed by atoms with Crippen LogP contribution in [0.4, 0.5) is 4.79 Å². The second-order valence-electron chi connectivity index (χ2n) is 15.0. The zero-order chi connectivity index (χ0) is 40.0. The Morgan fingerprint density at radius 1 is 0.414 bits per heavy atom. The normalized spacial score (nSPS) is 20.4. The average Bonchev–Trinajstić information content (AvgIpc) is 3.27. The van der Waals surface area contributed by atoms with Gasteiger partial charge < -0.3 is 34.3 Å². The molecular formula is C50H60N2O6. The van der Waals surface area contributed by atoms with E-state index in [9.17, 15) is 4.79 Å². The molecule has 2 unspecified atom stereocenters. The summed E-state index contributed by atoms with van der Waals surface area (Å²) in [5, 5.41) is 6.48. The lowest BCUT2D eigenvalue weighted by molar-refractivity contribution is -0.258. The van der Waals surface area contributed by atoms with Gasteiger partial charge in [0.05, 0.1) is 39.1 Å². The van der Waals surface area contributed by atoms with Gasteiger partial charge in [-0.15, -0.1) is 0 Å². The largest absolute Gasteiger partial charge is 0.368 e. The summed E-state index contributed by atoms with van der Waals surface area (Å²) in [7, 11) is 0. The van der Waals surface area contributed by atoms with Crippen molar-refractivity contribution in [3.8, 4) is 0 Å². The average molecular weight is 785 g/mol. The van der Waals surface area contributed by atoms with Crippen LogP contribution in [0.25, 0.3) is 0 Å². The second-order valence-corrected chi connectivity index (χ2v) is 15.0. The molecule has 58 heavy (non-hydrogen) atoms. The van der Waals surface area contributed by atoms with Crippen LogP contribution in [0.2, 0.25) is 0 Å². The number of carbonyl (C=O) groups is 1. The van der Waals surface area contributed by atoms with E-state index in [-0.39, 0.29) is 6.03 Å². The zero-order valence-electron chi connectivity index (χ0n) is 33.8. The van der Waals surface area contributed by atoms with Crippen molar-refractivity contribution in [2.75, 3.05) is 6.54 Å². The summed E-state index contributed by atoms with van der Waals surface area (Å²) >= 11 is 0. The molecule has 5 aromatic carbocycles. The molecule has 1 fully saturated rings. The molecule has 0 aliphatic heterocycles. The molecule has 1 aliphatic carbocycles. The maximum absolute atomic E-state index is 14.0. The third kappa shape index (κ3) is 13.6. The van der Waals surface area contributed by atoms with Gasteiger partial charge in [-0.2, -0.15) is 0 Å². The van der Waals surface area contributed by atoms with E-state index in [1.54, 1.807) is 0 Å². The van der Waals surface area contributed by atoms with E-state index >= 15 is 0 Å². The minimum atomic E-state index is -0.693. The Balaban J connectivity index is 1.37. The fourth-order valence-electron chi connectivity index (χ4n) is 7.43. The third-order valence-electron chi connectivity index (χ3n) is 10.5. The number of ether oxygens (including phenoxy) is 5. The summed E-state index contributed by atoms with van der Waals surface area (Å²) in [6.45, 7) is 4.30. The van der Waals surface area contributed by atoms with E-state index in [1.165, 1.54) is 19.3 Å². The smallest absolute Gasteiger partial charge is 0.315 e.